The van der Waals surface area contributed by atoms with E-state index in [-0.39, 0.29) is 6.04 Å². The first-order chi connectivity index (χ1) is 9.24. The molecule has 1 aliphatic heterocycles. The third-order valence-corrected chi connectivity index (χ3v) is 4.25. The Labute approximate surface area is 116 Å². The molecule has 1 atom stereocenters. The predicted octanol–water partition coefficient (Wildman–Crippen LogP) is 3.03. The highest BCUT2D eigenvalue weighted by molar-refractivity contribution is 7.09. The zero-order valence-corrected chi connectivity index (χ0v) is 11.8. The molecule has 2 aromatic rings. The Balaban J connectivity index is 1.67. The van der Waals surface area contributed by atoms with Gasteiger partial charge in [0.25, 0.3) is 0 Å². The molecule has 3 rings (SSSR count). The Bertz CT molecular complexity index is 583. The molecular formula is C14H16N2O2S. The Kier molecular flexibility index (Phi) is 3.40. The van der Waals surface area contributed by atoms with Crippen molar-refractivity contribution in [1.82, 2.24) is 10.3 Å². The first-order valence-corrected chi connectivity index (χ1v) is 7.14. The van der Waals surface area contributed by atoms with Gasteiger partial charge in [0.15, 0.2) is 11.5 Å². The first-order valence-electron chi connectivity index (χ1n) is 6.26. The molecular weight excluding hydrogens is 260 g/mol. The molecule has 0 saturated carbocycles. The second-order valence-electron chi connectivity index (χ2n) is 4.58. The second kappa shape index (κ2) is 5.19. The van der Waals surface area contributed by atoms with Crippen LogP contribution in [0.3, 0.4) is 0 Å². The van der Waals surface area contributed by atoms with Crippen LogP contribution in [0.5, 0.6) is 11.5 Å². The zero-order valence-electron chi connectivity index (χ0n) is 11.0. The number of nitrogens with zero attached hydrogens (tertiary/aromatic N) is 1. The van der Waals surface area contributed by atoms with Crippen molar-refractivity contribution in [2.75, 3.05) is 6.79 Å². The number of rotatable bonds is 4. The van der Waals surface area contributed by atoms with Crippen LogP contribution in [-0.4, -0.2) is 11.8 Å². The molecule has 2 heterocycles. The van der Waals surface area contributed by atoms with Crippen molar-refractivity contribution in [3.63, 3.8) is 0 Å². The summed E-state index contributed by atoms with van der Waals surface area (Å²) in [4.78, 5) is 5.54. The monoisotopic (exact) mass is 276 g/mol. The summed E-state index contributed by atoms with van der Waals surface area (Å²) in [6.07, 6.45) is 0. The molecule has 1 N–H and O–H groups in total. The summed E-state index contributed by atoms with van der Waals surface area (Å²) in [7, 11) is 0. The summed E-state index contributed by atoms with van der Waals surface area (Å²) in [5.74, 6) is 1.66. The van der Waals surface area contributed by atoms with Crippen molar-refractivity contribution < 1.29 is 9.47 Å². The van der Waals surface area contributed by atoms with Crippen molar-refractivity contribution in [1.29, 1.82) is 0 Å². The Morgan fingerprint density at radius 2 is 2.21 bits per heavy atom. The summed E-state index contributed by atoms with van der Waals surface area (Å²) in [5, 5.41) is 3.51. The lowest BCUT2D eigenvalue weighted by molar-refractivity contribution is 0.174. The van der Waals surface area contributed by atoms with Crippen LogP contribution in [0.25, 0.3) is 0 Å². The molecule has 0 fully saturated rings. The van der Waals surface area contributed by atoms with E-state index in [2.05, 4.69) is 23.3 Å². The van der Waals surface area contributed by atoms with Gasteiger partial charge in [0.05, 0.1) is 11.2 Å². The van der Waals surface area contributed by atoms with Crippen LogP contribution in [0.1, 0.15) is 29.1 Å². The molecule has 0 spiro atoms. The highest BCUT2D eigenvalue weighted by Crippen LogP contribution is 2.34. The van der Waals surface area contributed by atoms with Crippen LogP contribution in [0.2, 0.25) is 0 Å². The van der Waals surface area contributed by atoms with Gasteiger partial charge in [-0.25, -0.2) is 4.98 Å². The quantitative estimate of drug-likeness (QED) is 0.932. The summed E-state index contributed by atoms with van der Waals surface area (Å²) in [5.41, 5.74) is 4.19. The molecule has 0 bridgehead atoms. The van der Waals surface area contributed by atoms with E-state index in [1.54, 1.807) is 11.3 Å². The molecule has 0 aliphatic carbocycles. The molecule has 19 heavy (non-hydrogen) atoms. The fraction of sp³-hybridized carbons (Fsp3) is 0.357. The number of benzene rings is 1. The van der Waals surface area contributed by atoms with Crippen molar-refractivity contribution >= 4 is 11.3 Å². The summed E-state index contributed by atoms with van der Waals surface area (Å²) < 4.78 is 10.7. The topological polar surface area (TPSA) is 43.4 Å². The third kappa shape index (κ3) is 2.57. The normalized spacial score (nSPS) is 14.6. The van der Waals surface area contributed by atoms with Gasteiger partial charge >= 0.3 is 0 Å². The van der Waals surface area contributed by atoms with Gasteiger partial charge in [0, 0.05) is 17.5 Å². The van der Waals surface area contributed by atoms with E-state index in [0.717, 1.165) is 23.7 Å². The van der Waals surface area contributed by atoms with Gasteiger partial charge in [-0.1, -0.05) is 6.07 Å². The largest absolute Gasteiger partial charge is 0.454 e. The maximum absolute atomic E-state index is 5.40. The molecule has 0 unspecified atom stereocenters. The van der Waals surface area contributed by atoms with E-state index in [0.29, 0.717) is 6.79 Å². The molecule has 0 amide bonds. The number of hydrogen-bond acceptors (Lipinski definition) is 5. The van der Waals surface area contributed by atoms with Gasteiger partial charge < -0.3 is 14.8 Å². The molecule has 5 heteroatoms. The third-order valence-electron chi connectivity index (χ3n) is 3.31. The summed E-state index contributed by atoms with van der Waals surface area (Å²) in [6, 6.07) is 6.34. The lowest BCUT2D eigenvalue weighted by atomic mass is 10.1. The molecule has 1 aliphatic rings. The van der Waals surface area contributed by atoms with E-state index < -0.39 is 0 Å². The van der Waals surface area contributed by atoms with Crippen molar-refractivity contribution in [3.8, 4) is 11.5 Å². The number of ether oxygens (including phenoxy) is 2. The number of hydrogen-bond donors (Lipinski definition) is 1. The zero-order chi connectivity index (χ0) is 13.2. The fourth-order valence-corrected chi connectivity index (χ4v) is 2.77. The fourth-order valence-electron chi connectivity index (χ4n) is 2.04. The Morgan fingerprint density at radius 3 is 3.00 bits per heavy atom. The van der Waals surface area contributed by atoms with E-state index in [9.17, 15) is 0 Å². The average Bonchev–Trinajstić information content (AvgIpc) is 3.03. The standard InChI is InChI=1S/C14H16N2O2S/c1-9(15-6-14-10(2)16-7-19-14)11-3-4-12-13(5-11)18-8-17-12/h3-5,7,9,15H,6,8H2,1-2H3/t9-/m1/s1. The minimum Gasteiger partial charge on any atom is -0.454 e. The van der Waals surface area contributed by atoms with Gasteiger partial charge in [0.2, 0.25) is 6.79 Å². The van der Waals surface area contributed by atoms with Crippen LogP contribution in [0, 0.1) is 6.92 Å². The minimum atomic E-state index is 0.260. The highest BCUT2D eigenvalue weighted by atomic mass is 32.1. The predicted molar refractivity (Wildman–Crippen MR) is 74.7 cm³/mol. The average molecular weight is 276 g/mol. The van der Waals surface area contributed by atoms with Crippen LogP contribution < -0.4 is 14.8 Å². The van der Waals surface area contributed by atoms with Crippen LogP contribution in [-0.2, 0) is 6.54 Å². The summed E-state index contributed by atoms with van der Waals surface area (Å²) in [6.45, 7) is 5.35. The summed E-state index contributed by atoms with van der Waals surface area (Å²) >= 11 is 1.69. The molecule has 0 radical (unpaired) electrons. The Morgan fingerprint density at radius 1 is 1.37 bits per heavy atom. The molecule has 100 valence electrons. The van der Waals surface area contributed by atoms with Gasteiger partial charge in [0.1, 0.15) is 0 Å². The molecule has 1 aromatic carbocycles. The van der Waals surface area contributed by atoms with Crippen molar-refractivity contribution in [3.05, 3.63) is 39.8 Å². The van der Waals surface area contributed by atoms with Gasteiger partial charge in [-0.15, -0.1) is 11.3 Å². The van der Waals surface area contributed by atoms with Gasteiger partial charge in [-0.2, -0.15) is 0 Å². The lowest BCUT2D eigenvalue weighted by Crippen LogP contribution is -2.17. The van der Waals surface area contributed by atoms with Crippen molar-refractivity contribution in [2.24, 2.45) is 0 Å². The number of aromatic nitrogens is 1. The van der Waals surface area contributed by atoms with E-state index in [1.165, 1.54) is 10.4 Å². The van der Waals surface area contributed by atoms with E-state index in [1.807, 2.05) is 24.6 Å². The van der Waals surface area contributed by atoms with E-state index in [4.69, 9.17) is 9.47 Å². The second-order valence-corrected chi connectivity index (χ2v) is 5.52. The number of aryl methyl sites for hydroxylation is 1. The van der Waals surface area contributed by atoms with Gasteiger partial charge in [-0.3, -0.25) is 0 Å². The lowest BCUT2D eigenvalue weighted by Gasteiger charge is -2.14. The Hall–Kier alpha value is -1.59. The smallest absolute Gasteiger partial charge is 0.231 e. The number of thiazole rings is 1. The highest BCUT2D eigenvalue weighted by Gasteiger charge is 2.15. The maximum atomic E-state index is 5.40. The van der Waals surface area contributed by atoms with Gasteiger partial charge in [-0.05, 0) is 31.5 Å². The van der Waals surface area contributed by atoms with Crippen LogP contribution in [0.4, 0.5) is 0 Å². The van der Waals surface area contributed by atoms with Crippen LogP contribution in [0.15, 0.2) is 23.7 Å². The SMILES string of the molecule is Cc1ncsc1CN[C@H](C)c1ccc2c(c1)OCO2. The maximum Gasteiger partial charge on any atom is 0.231 e. The first kappa shape index (κ1) is 12.4. The van der Waals surface area contributed by atoms with Crippen molar-refractivity contribution in [2.45, 2.75) is 26.4 Å². The molecule has 0 saturated heterocycles. The minimum absolute atomic E-state index is 0.260. The van der Waals surface area contributed by atoms with E-state index >= 15 is 0 Å². The molecule has 4 nitrogen and oxygen atoms in total. The number of nitrogens with one attached hydrogen (secondary N) is 1. The number of fused-ring (bicyclic) bond motifs is 1. The van der Waals surface area contributed by atoms with Crippen LogP contribution >= 0.6 is 11.3 Å². The molecule has 1 aromatic heterocycles.